The van der Waals surface area contributed by atoms with E-state index in [1.165, 1.54) is 29.2 Å². The quantitative estimate of drug-likeness (QED) is 0.644. The van der Waals surface area contributed by atoms with Gasteiger partial charge in [-0.3, -0.25) is 9.69 Å². The maximum absolute atomic E-state index is 13.3. The van der Waals surface area contributed by atoms with Crippen molar-refractivity contribution in [2.45, 2.75) is 26.6 Å². The molecule has 1 aliphatic heterocycles. The third kappa shape index (κ3) is 4.43. The molecule has 8 nitrogen and oxygen atoms in total. The summed E-state index contributed by atoms with van der Waals surface area (Å²) in [6, 6.07) is 10.0. The summed E-state index contributed by atoms with van der Waals surface area (Å²) in [5, 5.41) is 23.8. The van der Waals surface area contributed by atoms with Gasteiger partial charge in [-0.1, -0.05) is 13.0 Å². The molecule has 0 saturated carbocycles. The summed E-state index contributed by atoms with van der Waals surface area (Å²) < 4.78 is 14.7. The average molecular weight is 449 g/mol. The van der Waals surface area contributed by atoms with Crippen molar-refractivity contribution in [1.29, 1.82) is 5.26 Å². The molecule has 1 aromatic carbocycles. The smallest absolute Gasteiger partial charge is 0.255 e. The van der Waals surface area contributed by atoms with Crippen LogP contribution >= 0.6 is 0 Å². The van der Waals surface area contributed by atoms with E-state index in [0.29, 0.717) is 23.5 Å². The largest absolute Gasteiger partial charge is 0.504 e. The van der Waals surface area contributed by atoms with Crippen molar-refractivity contribution >= 4 is 5.91 Å². The van der Waals surface area contributed by atoms with E-state index < -0.39 is 6.67 Å². The summed E-state index contributed by atoms with van der Waals surface area (Å²) >= 11 is 0. The van der Waals surface area contributed by atoms with Gasteiger partial charge in [0, 0.05) is 43.0 Å². The molecule has 1 aliphatic rings. The second kappa shape index (κ2) is 9.38. The lowest BCUT2D eigenvalue weighted by Gasteiger charge is -2.39. The summed E-state index contributed by atoms with van der Waals surface area (Å²) in [5.74, 6) is 0.267. The number of piperazine rings is 1. The number of carbonyl (C=O) groups excluding carboxylic acids is 1. The van der Waals surface area contributed by atoms with E-state index in [0.717, 1.165) is 19.6 Å². The standard InChI is InChI=1S/C24H25FN6O2/c1-3-29-8-9-30(16(2)14-29)24(33)19-6-7-22(27-13-19)31-15-21(32)23(28-31)17-4-5-18(12-26)20(10-17)11-25/h4-7,10,13,15-16,32H,3,8-9,11,14H2,1-2H3. The van der Waals surface area contributed by atoms with Crippen LogP contribution in [0.1, 0.15) is 35.3 Å². The summed E-state index contributed by atoms with van der Waals surface area (Å²) in [7, 11) is 0. The number of halogens is 1. The topological polar surface area (TPSA) is 98.3 Å². The molecule has 0 bridgehead atoms. The van der Waals surface area contributed by atoms with Crippen molar-refractivity contribution in [2.75, 3.05) is 26.2 Å². The van der Waals surface area contributed by atoms with Crippen LogP contribution in [0.5, 0.6) is 5.75 Å². The number of rotatable bonds is 5. The van der Waals surface area contributed by atoms with E-state index >= 15 is 0 Å². The lowest BCUT2D eigenvalue weighted by Crippen LogP contribution is -2.53. The van der Waals surface area contributed by atoms with E-state index in [1.54, 1.807) is 18.2 Å². The molecule has 4 rings (SSSR count). The lowest BCUT2D eigenvalue weighted by molar-refractivity contribution is 0.0499. The molecule has 2 aromatic heterocycles. The number of aromatic hydroxyl groups is 1. The van der Waals surface area contributed by atoms with Crippen LogP contribution in [0.25, 0.3) is 17.1 Å². The molecule has 1 atom stereocenters. The molecule has 170 valence electrons. The highest BCUT2D eigenvalue weighted by Gasteiger charge is 2.27. The Hall–Kier alpha value is -3.77. The van der Waals surface area contributed by atoms with Crippen molar-refractivity contribution in [3.8, 4) is 28.9 Å². The van der Waals surface area contributed by atoms with Gasteiger partial charge in [-0.05, 0) is 37.7 Å². The van der Waals surface area contributed by atoms with Gasteiger partial charge in [0.2, 0.25) is 0 Å². The number of alkyl halides is 1. The number of benzene rings is 1. The fourth-order valence-corrected chi connectivity index (χ4v) is 4.08. The molecule has 0 spiro atoms. The maximum Gasteiger partial charge on any atom is 0.255 e. The molecule has 3 aromatic rings. The van der Waals surface area contributed by atoms with E-state index in [2.05, 4.69) is 21.9 Å². The highest BCUT2D eigenvalue weighted by Crippen LogP contribution is 2.30. The van der Waals surface area contributed by atoms with Crippen molar-refractivity contribution in [2.24, 2.45) is 0 Å². The van der Waals surface area contributed by atoms with Gasteiger partial charge >= 0.3 is 0 Å². The van der Waals surface area contributed by atoms with Crippen molar-refractivity contribution in [1.82, 2.24) is 24.6 Å². The van der Waals surface area contributed by atoms with Gasteiger partial charge in [0.15, 0.2) is 11.6 Å². The number of pyridine rings is 1. The molecule has 1 fully saturated rings. The molecular formula is C24H25FN6O2. The minimum atomic E-state index is -0.790. The van der Waals surface area contributed by atoms with Crippen LogP contribution in [0.4, 0.5) is 4.39 Å². The van der Waals surface area contributed by atoms with Crippen molar-refractivity contribution in [3.05, 3.63) is 59.4 Å². The monoisotopic (exact) mass is 448 g/mol. The van der Waals surface area contributed by atoms with Gasteiger partial charge < -0.3 is 10.0 Å². The molecule has 1 amide bonds. The van der Waals surface area contributed by atoms with Crippen LogP contribution in [0.15, 0.2) is 42.7 Å². The minimum absolute atomic E-state index is 0.0577. The van der Waals surface area contributed by atoms with Gasteiger partial charge in [0.05, 0.1) is 23.4 Å². The zero-order valence-corrected chi connectivity index (χ0v) is 18.6. The number of likely N-dealkylation sites (N-methyl/N-ethyl adjacent to an activating group) is 1. The Kier molecular flexibility index (Phi) is 6.38. The third-order valence-electron chi connectivity index (χ3n) is 5.99. The van der Waals surface area contributed by atoms with Crippen molar-refractivity contribution < 1.29 is 14.3 Å². The van der Waals surface area contributed by atoms with Crippen LogP contribution in [0.3, 0.4) is 0 Å². The molecule has 0 radical (unpaired) electrons. The first-order valence-corrected chi connectivity index (χ1v) is 10.8. The Labute approximate surface area is 191 Å². The zero-order chi connectivity index (χ0) is 23.5. The molecule has 1 saturated heterocycles. The zero-order valence-electron chi connectivity index (χ0n) is 18.6. The Balaban J connectivity index is 1.55. The Morgan fingerprint density at radius 2 is 2.12 bits per heavy atom. The highest BCUT2D eigenvalue weighted by atomic mass is 19.1. The fraction of sp³-hybridized carbons (Fsp3) is 0.333. The third-order valence-corrected chi connectivity index (χ3v) is 5.99. The number of nitriles is 1. The molecule has 0 aliphatic carbocycles. The first kappa shape index (κ1) is 22.4. The predicted molar refractivity (Wildman–Crippen MR) is 121 cm³/mol. The highest BCUT2D eigenvalue weighted by molar-refractivity contribution is 5.94. The SMILES string of the molecule is CCN1CCN(C(=O)c2ccc(-n3cc(O)c(-c4ccc(C#N)c(CF)c4)n3)nc2)C(C)C1. The van der Waals surface area contributed by atoms with Gasteiger partial charge in [0.1, 0.15) is 12.4 Å². The first-order chi connectivity index (χ1) is 15.9. The fourth-order valence-electron chi connectivity index (χ4n) is 4.08. The van der Waals surface area contributed by atoms with Crippen LogP contribution in [0, 0.1) is 11.3 Å². The summed E-state index contributed by atoms with van der Waals surface area (Å²) in [4.78, 5) is 21.5. The minimum Gasteiger partial charge on any atom is -0.504 e. The molecule has 1 N–H and O–H groups in total. The van der Waals surface area contributed by atoms with E-state index in [9.17, 15) is 14.3 Å². The van der Waals surface area contributed by atoms with Gasteiger partial charge in [-0.2, -0.15) is 10.4 Å². The van der Waals surface area contributed by atoms with Crippen LogP contribution in [0.2, 0.25) is 0 Å². The number of carbonyl (C=O) groups is 1. The Bertz CT molecular complexity index is 1200. The first-order valence-electron chi connectivity index (χ1n) is 10.8. The number of hydrogen-bond acceptors (Lipinski definition) is 6. The summed E-state index contributed by atoms with van der Waals surface area (Å²) in [6.45, 7) is 6.73. The predicted octanol–water partition coefficient (Wildman–Crippen LogP) is 3.15. The normalized spacial score (nSPS) is 16.5. The molecule has 3 heterocycles. The number of aromatic nitrogens is 3. The van der Waals surface area contributed by atoms with E-state index in [4.69, 9.17) is 5.26 Å². The molecule has 1 unspecified atom stereocenters. The van der Waals surface area contributed by atoms with Gasteiger partial charge in [0.25, 0.3) is 5.91 Å². The van der Waals surface area contributed by atoms with Crippen LogP contribution in [-0.4, -0.2) is 67.8 Å². The number of amides is 1. The number of nitrogens with zero attached hydrogens (tertiary/aromatic N) is 6. The van der Waals surface area contributed by atoms with Crippen LogP contribution in [-0.2, 0) is 6.67 Å². The molecule has 33 heavy (non-hydrogen) atoms. The second-order valence-electron chi connectivity index (χ2n) is 8.07. The average Bonchev–Trinajstić information content (AvgIpc) is 3.24. The van der Waals surface area contributed by atoms with Gasteiger partial charge in [-0.25, -0.2) is 14.1 Å². The van der Waals surface area contributed by atoms with Crippen LogP contribution < -0.4 is 0 Å². The van der Waals surface area contributed by atoms with Crippen molar-refractivity contribution in [3.63, 3.8) is 0 Å². The molecular weight excluding hydrogens is 423 g/mol. The Morgan fingerprint density at radius 3 is 2.76 bits per heavy atom. The number of hydrogen-bond donors (Lipinski definition) is 1. The van der Waals surface area contributed by atoms with Gasteiger partial charge in [-0.15, -0.1) is 0 Å². The summed E-state index contributed by atoms with van der Waals surface area (Å²) in [5.41, 5.74) is 1.71. The summed E-state index contributed by atoms with van der Waals surface area (Å²) in [6.07, 6.45) is 2.91. The molecule has 9 heteroatoms. The second-order valence-corrected chi connectivity index (χ2v) is 8.07. The lowest BCUT2D eigenvalue weighted by atomic mass is 10.0. The van der Waals surface area contributed by atoms with E-state index in [-0.39, 0.29) is 34.5 Å². The maximum atomic E-state index is 13.3. The Morgan fingerprint density at radius 1 is 1.30 bits per heavy atom. The van der Waals surface area contributed by atoms with E-state index in [1.807, 2.05) is 17.9 Å².